The van der Waals surface area contributed by atoms with Gasteiger partial charge in [-0.15, -0.1) is 0 Å². The van der Waals surface area contributed by atoms with E-state index in [1.807, 2.05) is 0 Å². The van der Waals surface area contributed by atoms with Crippen LogP contribution >= 0.6 is 0 Å². The molecule has 0 aromatic carbocycles. The van der Waals surface area contributed by atoms with E-state index in [1.165, 1.54) is 205 Å². The Morgan fingerprint density at radius 2 is 0.426 bits per heavy atom. The van der Waals surface area contributed by atoms with Gasteiger partial charge in [-0.3, -0.25) is 9.59 Å². The first-order valence-corrected chi connectivity index (χ1v) is 39.7. The van der Waals surface area contributed by atoms with Crippen LogP contribution in [0.2, 0.25) is 0 Å². The lowest BCUT2D eigenvalue weighted by Crippen LogP contribution is -2.28. The minimum absolute atomic E-state index is 0.0684. The fraction of sp³-hybridized carbons (Fsp3) is 0.663. The van der Waals surface area contributed by atoms with Crippen LogP contribution in [0.3, 0.4) is 0 Å². The number of carbonyl (C=O) groups is 2. The van der Waals surface area contributed by atoms with Crippen molar-refractivity contribution in [3.63, 3.8) is 0 Å². The predicted octanol–water partition coefficient (Wildman–Crippen LogP) is 28.3. The van der Waals surface area contributed by atoms with E-state index >= 15 is 0 Å². The van der Waals surface area contributed by atoms with Crippen LogP contribution in [0.25, 0.3) is 0 Å². The zero-order chi connectivity index (χ0) is 67.5. The van der Waals surface area contributed by atoms with Crippen molar-refractivity contribution in [2.45, 2.75) is 367 Å². The van der Waals surface area contributed by atoms with Gasteiger partial charge in [-0.2, -0.15) is 0 Å². The summed E-state index contributed by atoms with van der Waals surface area (Å²) in [4.78, 5) is 24.7. The van der Waals surface area contributed by atoms with Crippen molar-refractivity contribution in [2.24, 2.45) is 0 Å². The molecular weight excluding hydrogens is 1150 g/mol. The van der Waals surface area contributed by atoms with E-state index in [-0.39, 0.29) is 25.2 Å². The molecule has 0 rings (SSSR count). The minimum Gasteiger partial charge on any atom is -0.462 e. The van der Waals surface area contributed by atoms with Gasteiger partial charge in [-0.05, 0) is 128 Å². The highest BCUT2D eigenvalue weighted by Crippen LogP contribution is 2.18. The van der Waals surface area contributed by atoms with Gasteiger partial charge < -0.3 is 14.6 Å². The van der Waals surface area contributed by atoms with Gasteiger partial charge >= 0.3 is 11.9 Å². The standard InChI is InChI=1S/C89H148O5/c1-3-5-7-9-11-13-15-17-19-21-23-25-27-29-31-33-35-37-39-41-43-44-46-48-50-52-54-56-58-60-62-64-66-68-70-72-74-76-78-80-82-84-89(92)94-87(85-90)86-93-88(91)83-81-79-77-75-73-71-69-67-65-63-61-59-57-55-53-51-49-47-45-42-40-38-36-34-32-30-28-26-24-22-20-18-16-14-12-10-8-6-4-2/h5-8,11-14,17-20,23-26,29-32,35-38,41,43,46,48,87,90H,3-4,9-10,15-16,21-22,27-28,33-34,39-40,42,44-45,47,49-86H2,1-2H3/b7-5-,8-6-,13-11-,14-12-,19-17-,20-18-,25-23-,26-24-,31-29-,32-30-,37-35-,38-36-,43-41-,48-46-. The van der Waals surface area contributed by atoms with Crippen LogP contribution < -0.4 is 0 Å². The van der Waals surface area contributed by atoms with Crippen molar-refractivity contribution in [3.8, 4) is 0 Å². The highest BCUT2D eigenvalue weighted by Gasteiger charge is 2.16. The van der Waals surface area contributed by atoms with Gasteiger partial charge in [0.25, 0.3) is 0 Å². The largest absolute Gasteiger partial charge is 0.462 e. The van der Waals surface area contributed by atoms with E-state index in [9.17, 15) is 14.7 Å². The summed E-state index contributed by atoms with van der Waals surface area (Å²) in [5, 5.41) is 9.73. The average Bonchev–Trinajstić information content (AvgIpc) is 3.77. The number of hydrogen-bond acceptors (Lipinski definition) is 5. The van der Waals surface area contributed by atoms with Crippen molar-refractivity contribution in [1.29, 1.82) is 0 Å². The normalized spacial score (nSPS) is 13.2. The van der Waals surface area contributed by atoms with Crippen LogP contribution in [-0.2, 0) is 19.1 Å². The maximum Gasteiger partial charge on any atom is 0.306 e. The van der Waals surface area contributed by atoms with Crippen LogP contribution in [0.4, 0.5) is 0 Å². The molecule has 0 spiro atoms. The van der Waals surface area contributed by atoms with Gasteiger partial charge in [-0.25, -0.2) is 0 Å². The highest BCUT2D eigenvalue weighted by atomic mass is 16.6. The molecule has 534 valence electrons. The zero-order valence-electron chi connectivity index (χ0n) is 61.4. The Morgan fingerprint density at radius 3 is 0.638 bits per heavy atom. The molecular formula is C89H148O5. The lowest BCUT2D eigenvalue weighted by Gasteiger charge is -2.15. The number of allylic oxidation sites excluding steroid dienone is 28. The summed E-state index contributed by atoms with van der Waals surface area (Å²) in [5.74, 6) is -0.581. The smallest absolute Gasteiger partial charge is 0.306 e. The van der Waals surface area contributed by atoms with Crippen molar-refractivity contribution in [3.05, 3.63) is 170 Å². The summed E-state index contributed by atoms with van der Waals surface area (Å²) in [5.41, 5.74) is 0. The third-order valence-electron chi connectivity index (χ3n) is 17.0. The number of unbranched alkanes of at least 4 members (excludes halogenated alkanes) is 36. The van der Waals surface area contributed by atoms with E-state index in [0.717, 1.165) is 128 Å². The summed E-state index contributed by atoms with van der Waals surface area (Å²) in [6, 6.07) is 0. The quantitative estimate of drug-likeness (QED) is 0.0373. The fourth-order valence-electron chi connectivity index (χ4n) is 11.2. The first kappa shape index (κ1) is 89.3. The summed E-state index contributed by atoms with van der Waals surface area (Å²) < 4.78 is 10.8. The van der Waals surface area contributed by atoms with Crippen LogP contribution in [-0.4, -0.2) is 36.4 Å². The Balaban J connectivity index is 3.47. The number of aliphatic hydroxyl groups is 1. The van der Waals surface area contributed by atoms with Crippen LogP contribution in [0.15, 0.2) is 170 Å². The van der Waals surface area contributed by atoms with Gasteiger partial charge in [0.15, 0.2) is 6.10 Å². The van der Waals surface area contributed by atoms with Gasteiger partial charge in [0.1, 0.15) is 6.61 Å². The molecule has 0 aliphatic heterocycles. The lowest BCUT2D eigenvalue weighted by atomic mass is 10.0. The number of rotatable bonds is 72. The molecule has 0 heterocycles. The highest BCUT2D eigenvalue weighted by molar-refractivity contribution is 5.70. The average molecular weight is 1300 g/mol. The number of esters is 2. The predicted molar refractivity (Wildman–Crippen MR) is 417 cm³/mol. The molecule has 0 saturated carbocycles. The third kappa shape index (κ3) is 79.7. The molecule has 0 saturated heterocycles. The molecule has 1 atom stereocenters. The Morgan fingerprint density at radius 1 is 0.245 bits per heavy atom. The summed E-state index contributed by atoms with van der Waals surface area (Å²) >= 11 is 0. The third-order valence-corrected chi connectivity index (χ3v) is 17.0. The van der Waals surface area contributed by atoms with E-state index < -0.39 is 6.10 Å². The van der Waals surface area contributed by atoms with Crippen LogP contribution in [0.1, 0.15) is 361 Å². The van der Waals surface area contributed by atoms with E-state index in [0.29, 0.717) is 12.8 Å². The molecule has 1 unspecified atom stereocenters. The molecule has 0 radical (unpaired) electrons. The number of carbonyl (C=O) groups excluding carboxylic acids is 2. The summed E-state index contributed by atoms with van der Waals surface area (Å²) in [6.45, 7) is 3.94. The lowest BCUT2D eigenvalue weighted by molar-refractivity contribution is -0.161. The molecule has 0 aliphatic carbocycles. The topological polar surface area (TPSA) is 72.8 Å². The SMILES string of the molecule is CC/C=C\C/C=C\C/C=C\C/C=C\C/C=C\C/C=C\C/C=C\C/C=C\CCCCCCCCCCCCCCCCCCC(=O)OC(CO)COC(=O)CCCCCCCCCCCCCCCCCCCCCC/C=C\C/C=C\C/C=C\C/C=C\C/C=C\C/C=C\CC. The molecule has 0 aliphatic rings. The Bertz CT molecular complexity index is 2010. The molecule has 94 heavy (non-hydrogen) atoms. The maximum absolute atomic E-state index is 12.4. The molecule has 0 amide bonds. The molecule has 1 N–H and O–H groups in total. The van der Waals surface area contributed by atoms with Crippen LogP contribution in [0, 0.1) is 0 Å². The molecule has 0 fully saturated rings. The van der Waals surface area contributed by atoms with Crippen molar-refractivity contribution >= 4 is 11.9 Å². The van der Waals surface area contributed by atoms with Gasteiger partial charge in [0.05, 0.1) is 6.61 Å². The van der Waals surface area contributed by atoms with Gasteiger partial charge in [0.2, 0.25) is 0 Å². The van der Waals surface area contributed by atoms with Crippen molar-refractivity contribution < 1.29 is 24.2 Å². The van der Waals surface area contributed by atoms with E-state index in [1.54, 1.807) is 0 Å². The first-order valence-electron chi connectivity index (χ1n) is 39.7. The van der Waals surface area contributed by atoms with Crippen LogP contribution in [0.5, 0.6) is 0 Å². The zero-order valence-corrected chi connectivity index (χ0v) is 61.4. The first-order chi connectivity index (χ1) is 46.6. The Hall–Kier alpha value is -4.74. The summed E-state index contributed by atoms with van der Waals surface area (Å²) in [6.07, 6.45) is 127. The fourth-order valence-corrected chi connectivity index (χ4v) is 11.2. The van der Waals surface area contributed by atoms with Crippen molar-refractivity contribution in [1.82, 2.24) is 0 Å². The second kappa shape index (κ2) is 82.5. The second-order valence-electron chi connectivity index (χ2n) is 26.0. The Kier molecular flexibility index (Phi) is 78.3. The maximum atomic E-state index is 12.4. The van der Waals surface area contributed by atoms with E-state index in [2.05, 4.69) is 184 Å². The van der Waals surface area contributed by atoms with Crippen molar-refractivity contribution in [2.75, 3.05) is 13.2 Å². The molecule has 5 nitrogen and oxygen atoms in total. The second-order valence-corrected chi connectivity index (χ2v) is 26.0. The molecule has 0 bridgehead atoms. The Labute approximate surface area is 583 Å². The number of hydrogen-bond donors (Lipinski definition) is 1. The number of ether oxygens (including phenoxy) is 2. The molecule has 0 aromatic rings. The minimum atomic E-state index is -0.781. The number of aliphatic hydroxyl groups excluding tert-OH is 1. The molecule has 0 aromatic heterocycles. The molecule has 5 heteroatoms. The van der Waals surface area contributed by atoms with Gasteiger partial charge in [0, 0.05) is 12.8 Å². The van der Waals surface area contributed by atoms with E-state index in [4.69, 9.17) is 9.47 Å². The van der Waals surface area contributed by atoms with Gasteiger partial charge in [-0.1, -0.05) is 389 Å². The monoisotopic (exact) mass is 1300 g/mol. The summed E-state index contributed by atoms with van der Waals surface area (Å²) in [7, 11) is 0.